The summed E-state index contributed by atoms with van der Waals surface area (Å²) in [5.74, 6) is 0.969. The Morgan fingerprint density at radius 3 is 2.70 bits per heavy atom. The van der Waals surface area contributed by atoms with Crippen LogP contribution in [0.3, 0.4) is 0 Å². The van der Waals surface area contributed by atoms with E-state index in [0.29, 0.717) is 22.5 Å². The second kappa shape index (κ2) is 8.93. The van der Waals surface area contributed by atoms with Gasteiger partial charge in [0.1, 0.15) is 5.76 Å². The van der Waals surface area contributed by atoms with Crippen LogP contribution < -0.4 is 10.6 Å². The SMILES string of the molecule is CC(Sc1nnc(-c2ccc(Cl)cc2)n1Cc1ccco1)C(=O)NC(=O)NC1CC1. The highest BCUT2D eigenvalue weighted by atomic mass is 35.5. The first-order valence-corrected chi connectivity index (χ1v) is 10.7. The van der Waals surface area contributed by atoms with Gasteiger partial charge in [-0.25, -0.2) is 4.79 Å². The summed E-state index contributed by atoms with van der Waals surface area (Å²) in [6.07, 6.45) is 3.51. The van der Waals surface area contributed by atoms with Crippen LogP contribution in [0.4, 0.5) is 4.79 Å². The zero-order valence-corrected chi connectivity index (χ0v) is 17.7. The van der Waals surface area contributed by atoms with Crippen LogP contribution in [0.1, 0.15) is 25.5 Å². The van der Waals surface area contributed by atoms with Crippen LogP contribution in [0.15, 0.2) is 52.2 Å². The quantitative estimate of drug-likeness (QED) is 0.537. The Morgan fingerprint density at radius 2 is 2.03 bits per heavy atom. The zero-order chi connectivity index (χ0) is 21.1. The minimum absolute atomic E-state index is 0.180. The molecule has 3 amide bonds. The molecular weight excluding hydrogens is 426 g/mol. The van der Waals surface area contributed by atoms with E-state index >= 15 is 0 Å². The van der Waals surface area contributed by atoms with Crippen molar-refractivity contribution in [3.8, 4) is 11.4 Å². The van der Waals surface area contributed by atoms with Gasteiger partial charge in [-0.15, -0.1) is 10.2 Å². The normalized spacial score (nSPS) is 14.3. The van der Waals surface area contributed by atoms with Crippen LogP contribution in [0.25, 0.3) is 11.4 Å². The van der Waals surface area contributed by atoms with Gasteiger partial charge >= 0.3 is 6.03 Å². The molecule has 10 heteroatoms. The monoisotopic (exact) mass is 445 g/mol. The molecule has 156 valence electrons. The van der Waals surface area contributed by atoms with Crippen molar-refractivity contribution >= 4 is 35.3 Å². The summed E-state index contributed by atoms with van der Waals surface area (Å²) in [6.45, 7) is 2.12. The van der Waals surface area contributed by atoms with Gasteiger partial charge in [-0.2, -0.15) is 0 Å². The Morgan fingerprint density at radius 1 is 1.27 bits per heavy atom. The third-order valence-corrected chi connectivity index (χ3v) is 5.85. The highest BCUT2D eigenvalue weighted by Crippen LogP contribution is 2.28. The number of hydrogen-bond donors (Lipinski definition) is 2. The molecule has 1 aliphatic rings. The third kappa shape index (κ3) is 5.03. The van der Waals surface area contributed by atoms with E-state index in [1.54, 1.807) is 25.3 Å². The largest absolute Gasteiger partial charge is 0.467 e. The Labute approximate surface area is 182 Å². The number of nitrogens with zero attached hydrogens (tertiary/aromatic N) is 3. The van der Waals surface area contributed by atoms with Gasteiger partial charge in [0.2, 0.25) is 5.91 Å². The van der Waals surface area contributed by atoms with E-state index in [1.807, 2.05) is 28.8 Å². The van der Waals surface area contributed by atoms with Crippen molar-refractivity contribution in [1.82, 2.24) is 25.4 Å². The predicted molar refractivity (Wildman–Crippen MR) is 113 cm³/mol. The van der Waals surface area contributed by atoms with E-state index in [0.717, 1.165) is 24.2 Å². The Kier molecular flexibility index (Phi) is 6.10. The van der Waals surface area contributed by atoms with Gasteiger partial charge in [0, 0.05) is 16.6 Å². The highest BCUT2D eigenvalue weighted by Gasteiger charge is 2.26. The number of furan rings is 1. The topological polar surface area (TPSA) is 102 Å². The molecule has 4 rings (SSSR count). The lowest BCUT2D eigenvalue weighted by molar-refractivity contribution is -0.119. The van der Waals surface area contributed by atoms with Gasteiger partial charge in [-0.05, 0) is 56.2 Å². The first-order valence-electron chi connectivity index (χ1n) is 9.49. The van der Waals surface area contributed by atoms with E-state index in [-0.39, 0.29) is 6.04 Å². The molecule has 1 aliphatic carbocycles. The second-order valence-corrected chi connectivity index (χ2v) is 8.72. The van der Waals surface area contributed by atoms with E-state index in [9.17, 15) is 9.59 Å². The summed E-state index contributed by atoms with van der Waals surface area (Å²) in [7, 11) is 0. The van der Waals surface area contributed by atoms with Crippen molar-refractivity contribution in [3.05, 3.63) is 53.4 Å². The van der Waals surface area contributed by atoms with Crippen molar-refractivity contribution in [2.24, 2.45) is 0 Å². The maximum Gasteiger partial charge on any atom is 0.321 e. The van der Waals surface area contributed by atoms with Crippen LogP contribution in [-0.2, 0) is 11.3 Å². The molecule has 2 heterocycles. The number of nitrogens with one attached hydrogen (secondary N) is 2. The minimum Gasteiger partial charge on any atom is -0.467 e. The van der Waals surface area contributed by atoms with Crippen molar-refractivity contribution < 1.29 is 14.0 Å². The van der Waals surface area contributed by atoms with E-state index in [4.69, 9.17) is 16.0 Å². The predicted octanol–water partition coefficient (Wildman–Crippen LogP) is 3.71. The summed E-state index contributed by atoms with van der Waals surface area (Å²) in [6, 6.07) is 10.7. The molecule has 0 radical (unpaired) electrons. The van der Waals surface area contributed by atoms with Gasteiger partial charge in [0.05, 0.1) is 18.1 Å². The number of amides is 3. The molecule has 3 aromatic rings. The molecule has 2 aromatic heterocycles. The standard InChI is InChI=1S/C20H20ClN5O3S/c1-12(18(27)23-19(28)22-15-8-9-15)30-20-25-24-17(13-4-6-14(21)7-5-13)26(20)11-16-3-2-10-29-16/h2-7,10,12,15H,8-9,11H2,1H3,(H2,22,23,27,28). The third-order valence-electron chi connectivity index (χ3n) is 4.51. The summed E-state index contributed by atoms with van der Waals surface area (Å²) >= 11 is 7.23. The molecular formula is C20H20ClN5O3S. The first kappa shape index (κ1) is 20.5. The van der Waals surface area contributed by atoms with Gasteiger partial charge in [-0.3, -0.25) is 14.7 Å². The highest BCUT2D eigenvalue weighted by molar-refractivity contribution is 8.00. The molecule has 1 saturated carbocycles. The molecule has 1 fully saturated rings. The summed E-state index contributed by atoms with van der Waals surface area (Å²) in [4.78, 5) is 24.3. The fourth-order valence-corrected chi connectivity index (χ4v) is 3.74. The average Bonchev–Trinajstić information content (AvgIpc) is 3.22. The first-order chi connectivity index (χ1) is 14.5. The van der Waals surface area contributed by atoms with Crippen LogP contribution in [0, 0.1) is 0 Å². The van der Waals surface area contributed by atoms with Crippen LogP contribution in [0.2, 0.25) is 5.02 Å². The van der Waals surface area contributed by atoms with Gasteiger partial charge < -0.3 is 9.73 Å². The van der Waals surface area contributed by atoms with Gasteiger partial charge in [0.25, 0.3) is 0 Å². The molecule has 1 atom stereocenters. The fraction of sp³-hybridized carbons (Fsp3) is 0.300. The van der Waals surface area contributed by atoms with Crippen molar-refractivity contribution in [3.63, 3.8) is 0 Å². The van der Waals surface area contributed by atoms with Crippen LogP contribution >= 0.6 is 23.4 Å². The Balaban J connectivity index is 1.53. The van der Waals surface area contributed by atoms with E-state index in [1.165, 1.54) is 11.8 Å². The number of imide groups is 1. The Bertz CT molecular complexity index is 1030. The van der Waals surface area contributed by atoms with Crippen LogP contribution in [0.5, 0.6) is 0 Å². The summed E-state index contributed by atoms with van der Waals surface area (Å²) in [5, 5.41) is 14.3. The fourth-order valence-electron chi connectivity index (χ4n) is 2.76. The van der Waals surface area contributed by atoms with E-state index < -0.39 is 17.2 Å². The number of carbonyl (C=O) groups is 2. The lowest BCUT2D eigenvalue weighted by atomic mass is 10.2. The molecule has 1 unspecified atom stereocenters. The minimum atomic E-state index is -0.549. The van der Waals surface area contributed by atoms with Crippen molar-refractivity contribution in [1.29, 1.82) is 0 Å². The second-order valence-electron chi connectivity index (χ2n) is 6.98. The van der Waals surface area contributed by atoms with E-state index in [2.05, 4.69) is 20.8 Å². The zero-order valence-electron chi connectivity index (χ0n) is 16.2. The smallest absolute Gasteiger partial charge is 0.321 e. The van der Waals surface area contributed by atoms with Gasteiger partial charge in [-0.1, -0.05) is 23.4 Å². The van der Waals surface area contributed by atoms with Crippen LogP contribution in [-0.4, -0.2) is 38.0 Å². The lowest BCUT2D eigenvalue weighted by Gasteiger charge is -2.13. The Hall–Kier alpha value is -2.78. The molecule has 0 saturated heterocycles. The number of halogens is 1. The molecule has 2 N–H and O–H groups in total. The molecule has 0 bridgehead atoms. The molecule has 1 aromatic carbocycles. The number of carbonyl (C=O) groups excluding carboxylic acids is 2. The number of thioether (sulfide) groups is 1. The van der Waals surface area contributed by atoms with Gasteiger partial charge in [0.15, 0.2) is 11.0 Å². The average molecular weight is 446 g/mol. The number of urea groups is 1. The maximum absolute atomic E-state index is 12.4. The number of rotatable bonds is 7. The molecule has 0 aliphatic heterocycles. The lowest BCUT2D eigenvalue weighted by Crippen LogP contribution is -2.43. The van der Waals surface area contributed by atoms with Crippen molar-refractivity contribution in [2.75, 3.05) is 0 Å². The number of hydrogen-bond acceptors (Lipinski definition) is 6. The number of benzene rings is 1. The molecule has 8 nitrogen and oxygen atoms in total. The summed E-state index contributed by atoms with van der Waals surface area (Å²) in [5.41, 5.74) is 0.839. The molecule has 0 spiro atoms. The summed E-state index contributed by atoms with van der Waals surface area (Å²) < 4.78 is 7.36. The molecule has 30 heavy (non-hydrogen) atoms. The number of aromatic nitrogens is 3. The maximum atomic E-state index is 12.4. The van der Waals surface area contributed by atoms with Crippen molar-refractivity contribution in [2.45, 2.75) is 42.8 Å².